The molecule has 1 saturated heterocycles. The van der Waals surface area contributed by atoms with Gasteiger partial charge in [-0.3, -0.25) is 14.5 Å². The number of ether oxygens (including phenoxy) is 1. The van der Waals surface area contributed by atoms with Crippen molar-refractivity contribution in [3.8, 4) is 5.75 Å². The molecule has 0 unspecified atom stereocenters. The molecule has 1 aromatic rings. The molecule has 2 amide bonds. The maximum Gasteiger partial charge on any atom is 0.278 e. The standard InChI is InChI=1S/C25H34N2O3/c1-17(2)30-21-11-9-19(10-12-21)22-23(26-15-13-18(3)14-16-26)25(29)27(24(22)28)20-7-5-4-6-8-20/h9-12,17-18,20H,4-8,13-16H2,1-3H3. The fourth-order valence-corrected chi connectivity index (χ4v) is 4.96. The highest BCUT2D eigenvalue weighted by atomic mass is 16.5. The highest BCUT2D eigenvalue weighted by Gasteiger charge is 2.45. The SMILES string of the molecule is CC1CCN(C2=C(c3ccc(OC(C)C)cc3)C(=O)N(C3CCCCC3)C2=O)CC1. The number of benzene rings is 1. The van der Waals surface area contributed by atoms with Gasteiger partial charge in [0, 0.05) is 19.1 Å². The van der Waals surface area contributed by atoms with Gasteiger partial charge in [-0.15, -0.1) is 0 Å². The fraction of sp³-hybridized carbons (Fsp3) is 0.600. The van der Waals surface area contributed by atoms with Gasteiger partial charge in [-0.2, -0.15) is 0 Å². The zero-order valence-electron chi connectivity index (χ0n) is 18.5. The molecule has 2 fully saturated rings. The van der Waals surface area contributed by atoms with E-state index in [4.69, 9.17) is 4.74 Å². The second-order valence-corrected chi connectivity index (χ2v) is 9.36. The van der Waals surface area contributed by atoms with Crippen LogP contribution in [0.4, 0.5) is 0 Å². The second-order valence-electron chi connectivity index (χ2n) is 9.36. The molecule has 2 heterocycles. The van der Waals surface area contributed by atoms with Crippen LogP contribution in [-0.4, -0.2) is 46.8 Å². The summed E-state index contributed by atoms with van der Waals surface area (Å²) < 4.78 is 5.76. The van der Waals surface area contributed by atoms with Gasteiger partial charge in [-0.25, -0.2) is 0 Å². The smallest absolute Gasteiger partial charge is 0.278 e. The number of amides is 2. The summed E-state index contributed by atoms with van der Waals surface area (Å²) >= 11 is 0. The molecule has 2 aliphatic heterocycles. The van der Waals surface area contributed by atoms with Crippen LogP contribution >= 0.6 is 0 Å². The van der Waals surface area contributed by atoms with E-state index in [9.17, 15) is 9.59 Å². The largest absolute Gasteiger partial charge is 0.491 e. The normalized spacial score (nSPS) is 21.9. The Balaban J connectivity index is 1.69. The van der Waals surface area contributed by atoms with Crippen molar-refractivity contribution in [3.63, 3.8) is 0 Å². The highest BCUT2D eigenvalue weighted by Crippen LogP contribution is 2.37. The number of carbonyl (C=O) groups is 2. The molecule has 1 aliphatic carbocycles. The summed E-state index contributed by atoms with van der Waals surface area (Å²) in [5.74, 6) is 1.25. The lowest BCUT2D eigenvalue weighted by atomic mass is 9.94. The molecule has 1 aromatic carbocycles. The van der Waals surface area contributed by atoms with E-state index >= 15 is 0 Å². The van der Waals surface area contributed by atoms with Crippen molar-refractivity contribution in [3.05, 3.63) is 35.5 Å². The monoisotopic (exact) mass is 410 g/mol. The van der Waals surface area contributed by atoms with Crippen molar-refractivity contribution < 1.29 is 14.3 Å². The maximum atomic E-state index is 13.6. The topological polar surface area (TPSA) is 49.9 Å². The van der Waals surface area contributed by atoms with Crippen LogP contribution in [0.15, 0.2) is 30.0 Å². The summed E-state index contributed by atoms with van der Waals surface area (Å²) in [4.78, 5) is 30.9. The van der Waals surface area contributed by atoms with Gasteiger partial charge in [-0.05, 0) is 63.1 Å². The van der Waals surface area contributed by atoms with Crippen LogP contribution in [-0.2, 0) is 9.59 Å². The molecule has 162 valence electrons. The number of hydrogen-bond donors (Lipinski definition) is 0. The van der Waals surface area contributed by atoms with Gasteiger partial charge in [0.2, 0.25) is 0 Å². The lowest BCUT2D eigenvalue weighted by Gasteiger charge is -2.34. The lowest BCUT2D eigenvalue weighted by molar-refractivity contribution is -0.141. The van der Waals surface area contributed by atoms with Crippen LogP contribution in [0, 0.1) is 5.92 Å². The van der Waals surface area contributed by atoms with Crippen LogP contribution in [0.2, 0.25) is 0 Å². The molecule has 3 aliphatic rings. The van der Waals surface area contributed by atoms with Gasteiger partial charge in [-0.1, -0.05) is 38.3 Å². The molecule has 0 spiro atoms. The maximum absolute atomic E-state index is 13.6. The van der Waals surface area contributed by atoms with E-state index in [2.05, 4.69) is 11.8 Å². The van der Waals surface area contributed by atoms with Crippen LogP contribution in [0.3, 0.4) is 0 Å². The molecular formula is C25H34N2O3. The first-order chi connectivity index (χ1) is 14.5. The average Bonchev–Trinajstić information content (AvgIpc) is 2.99. The van der Waals surface area contributed by atoms with E-state index in [0.29, 0.717) is 17.2 Å². The molecule has 1 saturated carbocycles. The number of piperidine rings is 1. The second kappa shape index (κ2) is 8.83. The summed E-state index contributed by atoms with van der Waals surface area (Å²) in [6, 6.07) is 7.70. The molecule has 0 bridgehead atoms. The molecule has 0 radical (unpaired) electrons. The number of rotatable bonds is 5. The predicted octanol–water partition coefficient (Wildman–Crippen LogP) is 4.62. The molecule has 0 atom stereocenters. The third-order valence-corrected chi connectivity index (χ3v) is 6.65. The Hall–Kier alpha value is -2.30. The van der Waals surface area contributed by atoms with E-state index in [0.717, 1.165) is 62.9 Å². The number of likely N-dealkylation sites (tertiary alicyclic amines) is 1. The van der Waals surface area contributed by atoms with Gasteiger partial charge in [0.15, 0.2) is 0 Å². The Morgan fingerprint density at radius 2 is 1.53 bits per heavy atom. The molecule has 30 heavy (non-hydrogen) atoms. The molecule has 5 heteroatoms. The first kappa shape index (κ1) is 21.0. The summed E-state index contributed by atoms with van der Waals surface area (Å²) in [7, 11) is 0. The van der Waals surface area contributed by atoms with Crippen molar-refractivity contribution in [1.29, 1.82) is 0 Å². The van der Waals surface area contributed by atoms with E-state index < -0.39 is 0 Å². The quantitative estimate of drug-likeness (QED) is 0.665. The molecular weight excluding hydrogens is 376 g/mol. The zero-order chi connectivity index (χ0) is 21.3. The number of carbonyl (C=O) groups excluding carboxylic acids is 2. The Kier molecular flexibility index (Phi) is 6.16. The van der Waals surface area contributed by atoms with Gasteiger partial charge in [0.05, 0.1) is 11.7 Å². The van der Waals surface area contributed by atoms with E-state index in [1.54, 1.807) is 4.90 Å². The Morgan fingerprint density at radius 3 is 2.13 bits per heavy atom. The lowest BCUT2D eigenvalue weighted by Crippen LogP contribution is -2.44. The van der Waals surface area contributed by atoms with Crippen LogP contribution in [0.25, 0.3) is 5.57 Å². The van der Waals surface area contributed by atoms with Crippen molar-refractivity contribution in [2.24, 2.45) is 5.92 Å². The van der Waals surface area contributed by atoms with Crippen molar-refractivity contribution in [2.75, 3.05) is 13.1 Å². The number of hydrogen-bond acceptors (Lipinski definition) is 4. The molecule has 5 nitrogen and oxygen atoms in total. The van der Waals surface area contributed by atoms with E-state index in [1.807, 2.05) is 38.1 Å². The molecule has 4 rings (SSSR count). The number of nitrogens with zero attached hydrogens (tertiary/aromatic N) is 2. The van der Waals surface area contributed by atoms with Crippen LogP contribution in [0.5, 0.6) is 5.75 Å². The Labute approximate surface area is 180 Å². The minimum absolute atomic E-state index is 0.0403. The van der Waals surface area contributed by atoms with Crippen LogP contribution in [0.1, 0.15) is 71.3 Å². The molecule has 0 aromatic heterocycles. The minimum Gasteiger partial charge on any atom is -0.491 e. The van der Waals surface area contributed by atoms with Gasteiger partial charge in [0.1, 0.15) is 11.4 Å². The Bertz CT molecular complexity index is 813. The fourth-order valence-electron chi connectivity index (χ4n) is 4.96. The average molecular weight is 411 g/mol. The zero-order valence-corrected chi connectivity index (χ0v) is 18.5. The third kappa shape index (κ3) is 4.12. The summed E-state index contributed by atoms with van der Waals surface area (Å²) in [6.07, 6.45) is 7.45. The first-order valence-corrected chi connectivity index (χ1v) is 11.6. The van der Waals surface area contributed by atoms with Crippen molar-refractivity contribution in [1.82, 2.24) is 9.80 Å². The summed E-state index contributed by atoms with van der Waals surface area (Å²) in [6.45, 7) is 7.92. The summed E-state index contributed by atoms with van der Waals surface area (Å²) in [5.41, 5.74) is 2.02. The number of imide groups is 1. The molecule has 0 N–H and O–H groups in total. The van der Waals surface area contributed by atoms with Gasteiger partial charge >= 0.3 is 0 Å². The van der Waals surface area contributed by atoms with E-state index in [1.165, 1.54) is 6.42 Å². The highest BCUT2D eigenvalue weighted by molar-refractivity contribution is 6.35. The van der Waals surface area contributed by atoms with Crippen LogP contribution < -0.4 is 4.74 Å². The summed E-state index contributed by atoms with van der Waals surface area (Å²) in [5, 5.41) is 0. The Morgan fingerprint density at radius 1 is 0.900 bits per heavy atom. The van der Waals surface area contributed by atoms with Gasteiger partial charge in [0.25, 0.3) is 11.8 Å². The first-order valence-electron chi connectivity index (χ1n) is 11.6. The predicted molar refractivity (Wildman–Crippen MR) is 118 cm³/mol. The minimum atomic E-state index is -0.113. The van der Waals surface area contributed by atoms with Crippen molar-refractivity contribution in [2.45, 2.75) is 77.9 Å². The van der Waals surface area contributed by atoms with E-state index in [-0.39, 0.29) is 24.0 Å². The van der Waals surface area contributed by atoms with Gasteiger partial charge < -0.3 is 9.64 Å². The third-order valence-electron chi connectivity index (χ3n) is 6.65. The van der Waals surface area contributed by atoms with Crippen molar-refractivity contribution >= 4 is 17.4 Å².